The molecular weight excluding hydrogens is 314 g/mol. The van der Waals surface area contributed by atoms with Gasteiger partial charge in [0, 0.05) is 44.3 Å². The Morgan fingerprint density at radius 3 is 2.92 bits per heavy atom. The molecule has 1 aromatic carbocycles. The van der Waals surface area contributed by atoms with Crippen molar-refractivity contribution in [1.29, 1.82) is 0 Å². The zero-order chi connectivity index (χ0) is 17.8. The highest BCUT2D eigenvalue weighted by atomic mass is 16.5. The molecule has 0 aliphatic carbocycles. The van der Waals surface area contributed by atoms with E-state index in [1.807, 2.05) is 6.07 Å². The number of rotatable bonds is 6. The Kier molecular flexibility index (Phi) is 5.97. The van der Waals surface area contributed by atoms with Gasteiger partial charge in [-0.1, -0.05) is 39.0 Å². The Bertz CT molecular complexity index is 590. The van der Waals surface area contributed by atoms with Crippen molar-refractivity contribution >= 4 is 11.6 Å². The largest absolute Gasteiger partial charge is 0.374 e. The minimum Gasteiger partial charge on any atom is -0.374 e. The molecule has 0 bridgehead atoms. The van der Waals surface area contributed by atoms with Crippen LogP contribution in [0.4, 0.5) is 5.69 Å². The number of para-hydroxylation sites is 1. The number of morpholine rings is 1. The van der Waals surface area contributed by atoms with Gasteiger partial charge in [0.05, 0.1) is 19.3 Å². The van der Waals surface area contributed by atoms with Crippen LogP contribution in [0, 0.1) is 5.92 Å². The van der Waals surface area contributed by atoms with Gasteiger partial charge >= 0.3 is 0 Å². The van der Waals surface area contributed by atoms with Crippen molar-refractivity contribution in [2.24, 2.45) is 5.92 Å². The van der Waals surface area contributed by atoms with E-state index in [9.17, 15) is 4.79 Å². The van der Waals surface area contributed by atoms with Crippen molar-refractivity contribution in [3.63, 3.8) is 0 Å². The lowest BCUT2D eigenvalue weighted by Crippen LogP contribution is -2.49. The lowest BCUT2D eigenvalue weighted by atomic mass is 10.0. The summed E-state index contributed by atoms with van der Waals surface area (Å²) in [5.41, 5.74) is 2.54. The number of nitrogens with one attached hydrogen (secondary N) is 1. The van der Waals surface area contributed by atoms with Crippen LogP contribution < -0.4 is 10.2 Å². The first-order chi connectivity index (χ1) is 12.0. The first-order valence-electron chi connectivity index (χ1n) is 9.47. The zero-order valence-electron chi connectivity index (χ0n) is 15.7. The molecule has 1 fully saturated rings. The van der Waals surface area contributed by atoms with Gasteiger partial charge in [-0.05, 0) is 17.5 Å². The molecule has 1 amide bonds. The number of carbonyl (C=O) groups excluding carboxylic acids is 1. The number of carbonyl (C=O) groups is 1. The monoisotopic (exact) mass is 345 g/mol. The molecule has 0 saturated carbocycles. The van der Waals surface area contributed by atoms with Gasteiger partial charge < -0.3 is 15.0 Å². The predicted octanol–water partition coefficient (Wildman–Crippen LogP) is 2.08. The first kappa shape index (κ1) is 18.2. The summed E-state index contributed by atoms with van der Waals surface area (Å²) in [6, 6.07) is 8.39. The fraction of sp³-hybridized carbons (Fsp3) is 0.650. The lowest BCUT2D eigenvalue weighted by molar-refractivity contribution is -0.121. The highest BCUT2D eigenvalue weighted by Crippen LogP contribution is 2.35. The molecule has 0 aromatic heterocycles. The molecule has 2 atom stereocenters. The van der Waals surface area contributed by atoms with Crippen LogP contribution in [-0.4, -0.2) is 62.8 Å². The Balaban J connectivity index is 1.46. The van der Waals surface area contributed by atoms with Crippen LogP contribution in [0.1, 0.15) is 32.3 Å². The standard InChI is InChI=1S/C20H31N3O2/c1-15(2)11-22-8-9-25-17(13-22)10-21-20(24)14-23-12-16(3)18-6-4-5-7-19(18)23/h4-7,15-17H,8-14H2,1-3H3,(H,21,24). The van der Waals surface area contributed by atoms with Crippen LogP contribution >= 0.6 is 0 Å². The van der Waals surface area contributed by atoms with Gasteiger partial charge in [-0.25, -0.2) is 0 Å². The third-order valence-corrected chi connectivity index (χ3v) is 5.01. The van der Waals surface area contributed by atoms with E-state index in [0.29, 0.717) is 24.9 Å². The Morgan fingerprint density at radius 1 is 1.32 bits per heavy atom. The van der Waals surface area contributed by atoms with Crippen molar-refractivity contribution in [3.05, 3.63) is 29.8 Å². The maximum Gasteiger partial charge on any atom is 0.239 e. The second kappa shape index (κ2) is 8.19. The van der Waals surface area contributed by atoms with E-state index in [4.69, 9.17) is 4.74 Å². The Morgan fingerprint density at radius 2 is 2.12 bits per heavy atom. The molecule has 2 aliphatic rings. The van der Waals surface area contributed by atoms with Crippen molar-refractivity contribution in [1.82, 2.24) is 10.2 Å². The third-order valence-electron chi connectivity index (χ3n) is 5.01. The number of hydrogen-bond acceptors (Lipinski definition) is 4. The second-order valence-corrected chi connectivity index (χ2v) is 7.79. The van der Waals surface area contributed by atoms with E-state index in [1.54, 1.807) is 0 Å². The van der Waals surface area contributed by atoms with Gasteiger partial charge in [0.15, 0.2) is 0 Å². The molecule has 138 valence electrons. The zero-order valence-corrected chi connectivity index (χ0v) is 15.7. The van der Waals surface area contributed by atoms with E-state index in [-0.39, 0.29) is 12.0 Å². The number of anilines is 1. The normalized spacial score (nSPS) is 23.8. The molecule has 3 rings (SSSR count). The Hall–Kier alpha value is -1.59. The molecule has 2 heterocycles. The number of hydrogen-bond donors (Lipinski definition) is 1. The summed E-state index contributed by atoms with van der Waals surface area (Å²) < 4.78 is 5.81. The average Bonchev–Trinajstić information content (AvgIpc) is 2.89. The minimum absolute atomic E-state index is 0.0773. The molecule has 5 heteroatoms. The third kappa shape index (κ3) is 4.73. The van der Waals surface area contributed by atoms with Crippen LogP contribution in [0.15, 0.2) is 24.3 Å². The van der Waals surface area contributed by atoms with Crippen LogP contribution in [-0.2, 0) is 9.53 Å². The summed E-state index contributed by atoms with van der Waals surface area (Å²) in [4.78, 5) is 17.0. The molecule has 25 heavy (non-hydrogen) atoms. The summed E-state index contributed by atoms with van der Waals surface area (Å²) in [5, 5.41) is 3.07. The van der Waals surface area contributed by atoms with Crippen molar-refractivity contribution in [2.45, 2.75) is 32.8 Å². The molecule has 1 aromatic rings. The fourth-order valence-electron chi connectivity index (χ4n) is 3.91. The summed E-state index contributed by atoms with van der Waals surface area (Å²) in [6.45, 7) is 12.4. The quantitative estimate of drug-likeness (QED) is 0.857. The van der Waals surface area contributed by atoms with E-state index >= 15 is 0 Å². The molecule has 0 radical (unpaired) electrons. The molecule has 1 N–H and O–H groups in total. The van der Waals surface area contributed by atoms with Crippen molar-refractivity contribution in [2.75, 3.05) is 50.8 Å². The summed E-state index contributed by atoms with van der Waals surface area (Å²) in [5.74, 6) is 1.22. The van der Waals surface area contributed by atoms with Gasteiger partial charge in [-0.3, -0.25) is 9.69 Å². The van der Waals surface area contributed by atoms with Crippen LogP contribution in [0.2, 0.25) is 0 Å². The molecule has 2 unspecified atom stereocenters. The minimum atomic E-state index is 0.0773. The summed E-state index contributed by atoms with van der Waals surface area (Å²) in [6.07, 6.45) is 0.0984. The van der Waals surface area contributed by atoms with Gasteiger partial charge in [0.25, 0.3) is 0 Å². The Labute approximate surface area is 151 Å². The molecule has 0 spiro atoms. The number of benzene rings is 1. The van der Waals surface area contributed by atoms with Crippen molar-refractivity contribution in [3.8, 4) is 0 Å². The summed E-state index contributed by atoms with van der Waals surface area (Å²) >= 11 is 0. The van der Waals surface area contributed by atoms with Gasteiger partial charge in [0.2, 0.25) is 5.91 Å². The molecule has 1 saturated heterocycles. The van der Waals surface area contributed by atoms with Crippen molar-refractivity contribution < 1.29 is 9.53 Å². The SMILES string of the molecule is CC(C)CN1CCOC(CNC(=O)CN2CC(C)c3ccccc32)C1. The molecule has 2 aliphatic heterocycles. The number of fused-ring (bicyclic) bond motifs is 1. The topological polar surface area (TPSA) is 44.8 Å². The van der Waals surface area contributed by atoms with Gasteiger partial charge in [0.1, 0.15) is 0 Å². The average molecular weight is 345 g/mol. The predicted molar refractivity (Wildman–Crippen MR) is 101 cm³/mol. The van der Waals surface area contributed by atoms with Crippen LogP contribution in [0.25, 0.3) is 0 Å². The fourth-order valence-corrected chi connectivity index (χ4v) is 3.91. The van der Waals surface area contributed by atoms with E-state index in [1.165, 1.54) is 11.3 Å². The van der Waals surface area contributed by atoms with E-state index in [0.717, 1.165) is 32.8 Å². The highest BCUT2D eigenvalue weighted by Gasteiger charge is 2.27. The maximum absolute atomic E-state index is 12.4. The second-order valence-electron chi connectivity index (χ2n) is 7.79. The van der Waals surface area contributed by atoms with E-state index in [2.05, 4.69) is 54.1 Å². The number of amides is 1. The number of nitrogens with zero attached hydrogens (tertiary/aromatic N) is 2. The first-order valence-corrected chi connectivity index (χ1v) is 9.47. The smallest absolute Gasteiger partial charge is 0.239 e. The maximum atomic E-state index is 12.4. The molecular formula is C20H31N3O2. The molecule has 5 nitrogen and oxygen atoms in total. The lowest BCUT2D eigenvalue weighted by Gasteiger charge is -2.34. The van der Waals surface area contributed by atoms with Gasteiger partial charge in [-0.15, -0.1) is 0 Å². The highest BCUT2D eigenvalue weighted by molar-refractivity contribution is 5.82. The number of ether oxygens (including phenoxy) is 1. The van der Waals surface area contributed by atoms with Gasteiger partial charge in [-0.2, -0.15) is 0 Å². The van der Waals surface area contributed by atoms with E-state index < -0.39 is 0 Å². The van der Waals surface area contributed by atoms with Crippen LogP contribution in [0.5, 0.6) is 0 Å². The van der Waals surface area contributed by atoms with Crippen LogP contribution in [0.3, 0.4) is 0 Å². The summed E-state index contributed by atoms with van der Waals surface area (Å²) in [7, 11) is 0.